The quantitative estimate of drug-likeness (QED) is 0.238. The predicted molar refractivity (Wildman–Crippen MR) is 173 cm³/mol. The Morgan fingerprint density at radius 1 is 0.610 bits per heavy atom. The Labute approximate surface area is 243 Å². The summed E-state index contributed by atoms with van der Waals surface area (Å²) in [6.07, 6.45) is 1.85. The molecule has 3 aromatic heterocycles. The van der Waals surface area contributed by atoms with Crippen LogP contribution < -0.4 is 0 Å². The van der Waals surface area contributed by atoms with Gasteiger partial charge >= 0.3 is 0 Å². The highest BCUT2D eigenvalue weighted by atomic mass is 32.1. The van der Waals surface area contributed by atoms with Crippen LogP contribution in [-0.2, 0) is 0 Å². The second kappa shape index (κ2) is 9.99. The van der Waals surface area contributed by atoms with Crippen molar-refractivity contribution in [2.75, 3.05) is 0 Å². The SMILES string of the molecule is Cc1cc(C)c(-c2cc(-c3cc(-c4ccccn4)c4sc5ccccc5c4c3)nc(-c3ccccc3O)c2)c(C)c1. The van der Waals surface area contributed by atoms with Gasteiger partial charge in [-0.2, -0.15) is 0 Å². The molecular weight excluding hydrogens is 520 g/mol. The summed E-state index contributed by atoms with van der Waals surface area (Å²) in [6.45, 7) is 6.46. The topological polar surface area (TPSA) is 46.0 Å². The Morgan fingerprint density at radius 2 is 1.34 bits per heavy atom. The summed E-state index contributed by atoms with van der Waals surface area (Å²) in [5, 5.41) is 13.2. The maximum absolute atomic E-state index is 10.8. The fourth-order valence-electron chi connectivity index (χ4n) is 5.97. The number of aryl methyl sites for hydroxylation is 3. The molecule has 41 heavy (non-hydrogen) atoms. The van der Waals surface area contributed by atoms with Crippen LogP contribution in [0.2, 0.25) is 0 Å². The zero-order valence-electron chi connectivity index (χ0n) is 23.1. The Balaban J connectivity index is 1.55. The van der Waals surface area contributed by atoms with Crippen LogP contribution in [-0.4, -0.2) is 15.1 Å². The van der Waals surface area contributed by atoms with Gasteiger partial charge in [-0.3, -0.25) is 4.98 Å². The number of benzene rings is 4. The number of para-hydroxylation sites is 1. The summed E-state index contributed by atoms with van der Waals surface area (Å²) in [5.41, 5.74) is 11.3. The number of nitrogens with zero attached hydrogens (tertiary/aromatic N) is 2. The second-order valence-corrected chi connectivity index (χ2v) is 11.7. The summed E-state index contributed by atoms with van der Waals surface area (Å²) < 4.78 is 2.47. The van der Waals surface area contributed by atoms with Gasteiger partial charge in [0.15, 0.2) is 0 Å². The van der Waals surface area contributed by atoms with E-state index in [-0.39, 0.29) is 5.75 Å². The summed E-state index contributed by atoms with van der Waals surface area (Å²) in [4.78, 5) is 9.90. The number of pyridine rings is 2. The third kappa shape index (κ3) is 4.47. The average Bonchev–Trinajstić information content (AvgIpc) is 3.35. The molecule has 0 spiro atoms. The van der Waals surface area contributed by atoms with E-state index in [0.29, 0.717) is 5.56 Å². The molecule has 0 amide bonds. The van der Waals surface area contributed by atoms with E-state index in [1.807, 2.05) is 36.5 Å². The second-order valence-electron chi connectivity index (χ2n) is 10.6. The number of rotatable bonds is 4. The Morgan fingerprint density at radius 3 is 2.12 bits per heavy atom. The Kier molecular flexibility index (Phi) is 6.14. The minimum Gasteiger partial charge on any atom is -0.507 e. The van der Waals surface area contributed by atoms with Crippen LogP contribution in [0.3, 0.4) is 0 Å². The van der Waals surface area contributed by atoms with Gasteiger partial charge in [-0.15, -0.1) is 11.3 Å². The highest BCUT2D eigenvalue weighted by Crippen LogP contribution is 2.43. The lowest BCUT2D eigenvalue weighted by atomic mass is 9.91. The fraction of sp³-hybridized carbons (Fsp3) is 0.0811. The molecule has 7 rings (SSSR count). The number of thiophene rings is 1. The highest BCUT2D eigenvalue weighted by molar-refractivity contribution is 7.26. The van der Waals surface area contributed by atoms with Gasteiger partial charge in [-0.1, -0.05) is 54.1 Å². The minimum atomic E-state index is 0.217. The van der Waals surface area contributed by atoms with E-state index in [2.05, 4.69) is 87.5 Å². The molecule has 1 N–H and O–H groups in total. The first-order valence-electron chi connectivity index (χ1n) is 13.7. The molecule has 0 bridgehead atoms. The van der Waals surface area contributed by atoms with Crippen molar-refractivity contribution in [3.05, 3.63) is 126 Å². The van der Waals surface area contributed by atoms with E-state index in [1.54, 1.807) is 17.4 Å². The first-order chi connectivity index (χ1) is 20.0. The van der Waals surface area contributed by atoms with E-state index in [9.17, 15) is 5.11 Å². The first kappa shape index (κ1) is 25.2. The Hall–Kier alpha value is -4.80. The predicted octanol–water partition coefficient (Wildman–Crippen LogP) is 10.1. The number of aromatic nitrogens is 2. The molecule has 0 atom stereocenters. The molecule has 0 aliphatic carbocycles. The van der Waals surface area contributed by atoms with Crippen molar-refractivity contribution in [1.29, 1.82) is 0 Å². The third-order valence-corrected chi connectivity index (χ3v) is 8.91. The number of fused-ring (bicyclic) bond motifs is 3. The Bertz CT molecular complexity index is 2070. The minimum absolute atomic E-state index is 0.217. The lowest BCUT2D eigenvalue weighted by Gasteiger charge is -2.16. The first-order valence-corrected chi connectivity index (χ1v) is 14.5. The number of hydrogen-bond acceptors (Lipinski definition) is 4. The number of hydrogen-bond donors (Lipinski definition) is 1. The number of phenolic OH excluding ortho intramolecular Hbond substituents is 1. The third-order valence-electron chi connectivity index (χ3n) is 7.69. The maximum Gasteiger partial charge on any atom is 0.124 e. The van der Waals surface area contributed by atoms with Crippen molar-refractivity contribution in [1.82, 2.24) is 9.97 Å². The summed E-state index contributed by atoms with van der Waals surface area (Å²) in [7, 11) is 0. The molecule has 0 saturated heterocycles. The van der Waals surface area contributed by atoms with Crippen LogP contribution >= 0.6 is 11.3 Å². The van der Waals surface area contributed by atoms with Gasteiger partial charge in [0.1, 0.15) is 5.75 Å². The van der Waals surface area contributed by atoms with E-state index in [4.69, 9.17) is 9.97 Å². The molecular formula is C37H28N2OS. The van der Waals surface area contributed by atoms with E-state index < -0.39 is 0 Å². The van der Waals surface area contributed by atoms with E-state index in [1.165, 1.54) is 42.4 Å². The van der Waals surface area contributed by atoms with Crippen LogP contribution in [0.25, 0.3) is 65.1 Å². The molecule has 4 aromatic carbocycles. The molecule has 3 heterocycles. The van der Waals surface area contributed by atoms with Crippen molar-refractivity contribution in [2.45, 2.75) is 20.8 Å². The van der Waals surface area contributed by atoms with Gasteiger partial charge in [0, 0.05) is 43.1 Å². The zero-order chi connectivity index (χ0) is 28.1. The van der Waals surface area contributed by atoms with Gasteiger partial charge in [0.05, 0.1) is 17.1 Å². The molecule has 7 aromatic rings. The zero-order valence-corrected chi connectivity index (χ0v) is 24.0. The fourth-order valence-corrected chi connectivity index (χ4v) is 7.18. The van der Waals surface area contributed by atoms with Crippen LogP contribution in [0.15, 0.2) is 109 Å². The summed E-state index contributed by atoms with van der Waals surface area (Å²) >= 11 is 1.80. The van der Waals surface area contributed by atoms with E-state index in [0.717, 1.165) is 33.8 Å². The van der Waals surface area contributed by atoms with Crippen molar-refractivity contribution in [3.63, 3.8) is 0 Å². The molecule has 0 unspecified atom stereocenters. The van der Waals surface area contributed by atoms with Crippen LogP contribution in [0.5, 0.6) is 5.75 Å². The summed E-state index contributed by atoms with van der Waals surface area (Å²) in [5.74, 6) is 0.217. The molecule has 0 fully saturated rings. The van der Waals surface area contributed by atoms with Gasteiger partial charge in [0.25, 0.3) is 0 Å². The molecule has 4 heteroatoms. The number of aromatic hydroxyl groups is 1. The molecule has 198 valence electrons. The van der Waals surface area contributed by atoms with Gasteiger partial charge in [0.2, 0.25) is 0 Å². The average molecular weight is 549 g/mol. The van der Waals surface area contributed by atoms with Crippen LogP contribution in [0.4, 0.5) is 0 Å². The van der Waals surface area contributed by atoms with Crippen LogP contribution in [0, 0.1) is 20.8 Å². The van der Waals surface area contributed by atoms with Gasteiger partial charge in [-0.05, 0) is 97.6 Å². The van der Waals surface area contributed by atoms with Crippen molar-refractivity contribution >= 4 is 31.5 Å². The highest BCUT2D eigenvalue weighted by Gasteiger charge is 2.18. The molecule has 0 radical (unpaired) electrons. The normalized spacial score (nSPS) is 11.4. The number of phenols is 1. The lowest BCUT2D eigenvalue weighted by molar-refractivity contribution is 0.477. The molecule has 3 nitrogen and oxygen atoms in total. The van der Waals surface area contributed by atoms with Crippen molar-refractivity contribution in [3.8, 4) is 50.6 Å². The van der Waals surface area contributed by atoms with Crippen LogP contribution in [0.1, 0.15) is 16.7 Å². The maximum atomic E-state index is 10.8. The smallest absolute Gasteiger partial charge is 0.124 e. The van der Waals surface area contributed by atoms with Crippen molar-refractivity contribution in [2.24, 2.45) is 0 Å². The monoisotopic (exact) mass is 548 g/mol. The standard InChI is InChI=1S/C37H28N2OS/c1-22-16-23(2)36(24(3)17-22)26-20-32(39-33(21-26)28-11-4-6-13-34(28)40)25-18-29-27-10-5-7-14-35(27)41-37(29)30(19-25)31-12-8-9-15-38-31/h4-21,40H,1-3H3. The lowest BCUT2D eigenvalue weighted by Crippen LogP contribution is -1.95. The van der Waals surface area contributed by atoms with Crippen molar-refractivity contribution < 1.29 is 5.11 Å². The molecule has 0 aliphatic heterocycles. The van der Waals surface area contributed by atoms with Gasteiger partial charge < -0.3 is 5.11 Å². The van der Waals surface area contributed by atoms with Gasteiger partial charge in [-0.25, -0.2) is 4.98 Å². The summed E-state index contributed by atoms with van der Waals surface area (Å²) in [6, 6.07) is 35.3. The molecule has 0 aliphatic rings. The largest absolute Gasteiger partial charge is 0.507 e. The van der Waals surface area contributed by atoms with E-state index >= 15 is 0 Å². The molecule has 0 saturated carbocycles.